The highest BCUT2D eigenvalue weighted by atomic mass is 32.2. The number of hydrogen-bond acceptors (Lipinski definition) is 8. The molecule has 2 heterocycles. The van der Waals surface area contributed by atoms with E-state index in [2.05, 4.69) is 25.6 Å². The lowest BCUT2D eigenvalue weighted by Gasteiger charge is -2.11. The number of rotatable bonds is 8. The molecule has 32 heavy (non-hydrogen) atoms. The summed E-state index contributed by atoms with van der Waals surface area (Å²) in [6.45, 7) is 0.385. The molecule has 0 saturated heterocycles. The molecular weight excluding hydrogens is 435 g/mol. The number of aromatic nitrogens is 5. The number of nitrogens with one attached hydrogen (secondary N) is 1. The van der Waals surface area contributed by atoms with Crippen LogP contribution in [0.1, 0.15) is 5.56 Å². The largest absolute Gasteiger partial charge is 0.497 e. The Balaban J connectivity index is 1.45. The number of methoxy groups -OCH3 is 2. The van der Waals surface area contributed by atoms with Crippen molar-refractivity contribution in [3.05, 3.63) is 60.2 Å². The smallest absolute Gasteiger partial charge is 0.234 e. The molecule has 0 atom stereocenters. The number of nitrogens with zero attached hydrogens (tertiary/aromatic N) is 5. The average Bonchev–Trinajstić information content (AvgIpc) is 3.22. The third kappa shape index (κ3) is 4.78. The summed E-state index contributed by atoms with van der Waals surface area (Å²) in [4.78, 5) is 21.0. The van der Waals surface area contributed by atoms with E-state index in [0.717, 1.165) is 5.56 Å². The van der Waals surface area contributed by atoms with Crippen LogP contribution in [0.5, 0.6) is 11.5 Å². The second-order valence-corrected chi connectivity index (χ2v) is 7.59. The van der Waals surface area contributed by atoms with Gasteiger partial charge in [-0.05, 0) is 29.8 Å². The fourth-order valence-electron chi connectivity index (χ4n) is 2.97. The number of amides is 1. The number of fused-ring (bicyclic) bond motifs is 1. The molecule has 164 valence electrons. The third-order valence-electron chi connectivity index (χ3n) is 4.53. The molecule has 0 radical (unpaired) electrons. The van der Waals surface area contributed by atoms with Crippen molar-refractivity contribution in [2.75, 3.05) is 25.3 Å². The SMILES string of the molecule is COc1ccc(NC(=O)CSc2ncnc3c2nnn3Cc2ccc(F)cc2)c(OC)c1. The van der Waals surface area contributed by atoms with E-state index >= 15 is 0 Å². The van der Waals surface area contributed by atoms with E-state index in [4.69, 9.17) is 9.47 Å². The molecule has 4 rings (SSSR count). The van der Waals surface area contributed by atoms with Crippen LogP contribution in [-0.2, 0) is 11.3 Å². The lowest BCUT2D eigenvalue weighted by atomic mass is 10.2. The minimum absolute atomic E-state index is 0.103. The van der Waals surface area contributed by atoms with Gasteiger partial charge in [0.1, 0.15) is 28.7 Å². The molecule has 2 aromatic carbocycles. The zero-order chi connectivity index (χ0) is 22.5. The minimum Gasteiger partial charge on any atom is -0.497 e. The topological polar surface area (TPSA) is 104 Å². The van der Waals surface area contributed by atoms with Crippen molar-refractivity contribution in [1.29, 1.82) is 0 Å². The first kappa shape index (κ1) is 21.5. The Labute approximate surface area is 187 Å². The fourth-order valence-corrected chi connectivity index (χ4v) is 3.70. The molecule has 0 aliphatic carbocycles. The molecule has 1 N–H and O–H groups in total. The van der Waals surface area contributed by atoms with E-state index in [-0.39, 0.29) is 17.5 Å². The second-order valence-electron chi connectivity index (χ2n) is 6.63. The van der Waals surface area contributed by atoms with Crippen LogP contribution in [0.4, 0.5) is 10.1 Å². The Bertz CT molecular complexity index is 1250. The number of benzene rings is 2. The molecule has 11 heteroatoms. The minimum atomic E-state index is -0.302. The Morgan fingerprint density at radius 3 is 2.69 bits per heavy atom. The van der Waals surface area contributed by atoms with E-state index < -0.39 is 0 Å². The highest BCUT2D eigenvalue weighted by Gasteiger charge is 2.15. The average molecular weight is 454 g/mol. The van der Waals surface area contributed by atoms with Crippen LogP contribution < -0.4 is 14.8 Å². The van der Waals surface area contributed by atoms with Crippen molar-refractivity contribution in [1.82, 2.24) is 25.0 Å². The summed E-state index contributed by atoms with van der Waals surface area (Å²) in [6.07, 6.45) is 1.40. The molecular formula is C21H19FN6O3S. The van der Waals surface area contributed by atoms with Gasteiger partial charge >= 0.3 is 0 Å². The zero-order valence-corrected chi connectivity index (χ0v) is 18.1. The summed E-state index contributed by atoms with van der Waals surface area (Å²) in [5.41, 5.74) is 2.43. The molecule has 0 unspecified atom stereocenters. The van der Waals surface area contributed by atoms with Crippen LogP contribution in [0, 0.1) is 5.82 Å². The second kappa shape index (κ2) is 9.60. The van der Waals surface area contributed by atoms with E-state index in [9.17, 15) is 9.18 Å². The molecule has 1 amide bonds. The predicted molar refractivity (Wildman–Crippen MR) is 118 cm³/mol. The van der Waals surface area contributed by atoms with Gasteiger partial charge in [0.05, 0.1) is 32.2 Å². The molecule has 4 aromatic rings. The number of anilines is 1. The molecule has 2 aromatic heterocycles. The van der Waals surface area contributed by atoms with Crippen molar-refractivity contribution in [2.24, 2.45) is 0 Å². The Hall–Kier alpha value is -3.73. The predicted octanol–water partition coefficient (Wildman–Crippen LogP) is 3.16. The summed E-state index contributed by atoms with van der Waals surface area (Å²) in [6, 6.07) is 11.3. The van der Waals surface area contributed by atoms with Crippen LogP contribution in [0.3, 0.4) is 0 Å². The van der Waals surface area contributed by atoms with Crippen LogP contribution in [0.15, 0.2) is 53.8 Å². The summed E-state index contributed by atoms with van der Waals surface area (Å²) < 4.78 is 25.2. The van der Waals surface area contributed by atoms with Crippen molar-refractivity contribution in [3.8, 4) is 11.5 Å². The van der Waals surface area contributed by atoms with Gasteiger partial charge in [-0.25, -0.2) is 19.0 Å². The van der Waals surface area contributed by atoms with Crippen molar-refractivity contribution < 1.29 is 18.7 Å². The number of ether oxygens (including phenoxy) is 2. The number of carbonyl (C=O) groups is 1. The Kier molecular flexibility index (Phi) is 6.45. The lowest BCUT2D eigenvalue weighted by Crippen LogP contribution is -2.15. The van der Waals surface area contributed by atoms with Crippen LogP contribution >= 0.6 is 11.8 Å². The van der Waals surface area contributed by atoms with Crippen molar-refractivity contribution in [3.63, 3.8) is 0 Å². The lowest BCUT2D eigenvalue weighted by molar-refractivity contribution is -0.113. The van der Waals surface area contributed by atoms with Gasteiger partial charge in [-0.1, -0.05) is 29.1 Å². The van der Waals surface area contributed by atoms with Gasteiger partial charge in [0.2, 0.25) is 5.91 Å². The van der Waals surface area contributed by atoms with Gasteiger partial charge < -0.3 is 14.8 Å². The first-order valence-corrected chi connectivity index (χ1v) is 10.5. The molecule has 0 fully saturated rings. The summed E-state index contributed by atoms with van der Waals surface area (Å²) in [5.74, 6) is 0.691. The van der Waals surface area contributed by atoms with Crippen LogP contribution in [0.2, 0.25) is 0 Å². The highest BCUT2D eigenvalue weighted by Crippen LogP contribution is 2.29. The van der Waals surface area contributed by atoms with Crippen molar-refractivity contribution >= 4 is 34.5 Å². The van der Waals surface area contributed by atoms with Gasteiger partial charge in [-0.2, -0.15) is 0 Å². The standard InChI is InChI=1S/C21H19FN6O3S/c1-30-15-7-8-16(17(9-15)31-2)25-18(29)11-32-21-19-20(23-12-24-21)28(27-26-19)10-13-3-5-14(22)6-4-13/h3-9,12H,10-11H2,1-2H3,(H,25,29). The van der Waals surface area contributed by atoms with E-state index in [0.29, 0.717) is 39.9 Å². The maximum atomic E-state index is 13.1. The van der Waals surface area contributed by atoms with Gasteiger partial charge in [0.15, 0.2) is 11.2 Å². The molecule has 0 aliphatic heterocycles. The summed E-state index contributed by atoms with van der Waals surface area (Å²) >= 11 is 1.23. The summed E-state index contributed by atoms with van der Waals surface area (Å²) in [7, 11) is 3.08. The van der Waals surface area contributed by atoms with Crippen LogP contribution in [-0.4, -0.2) is 50.8 Å². The van der Waals surface area contributed by atoms with E-state index in [1.807, 2.05) is 0 Å². The van der Waals surface area contributed by atoms with Gasteiger partial charge in [-0.15, -0.1) is 5.10 Å². The van der Waals surface area contributed by atoms with Gasteiger partial charge in [0, 0.05) is 6.07 Å². The normalized spacial score (nSPS) is 10.8. The maximum absolute atomic E-state index is 13.1. The quantitative estimate of drug-likeness (QED) is 0.320. The summed E-state index contributed by atoms with van der Waals surface area (Å²) in [5, 5.41) is 11.7. The van der Waals surface area contributed by atoms with E-state index in [1.54, 1.807) is 42.1 Å². The fraction of sp³-hybridized carbons (Fsp3) is 0.190. The number of thioether (sulfide) groups is 1. The first-order chi connectivity index (χ1) is 15.6. The maximum Gasteiger partial charge on any atom is 0.234 e. The Morgan fingerprint density at radius 1 is 1.12 bits per heavy atom. The Morgan fingerprint density at radius 2 is 1.94 bits per heavy atom. The third-order valence-corrected chi connectivity index (χ3v) is 5.51. The number of hydrogen-bond donors (Lipinski definition) is 1. The van der Waals surface area contributed by atoms with Crippen molar-refractivity contribution in [2.45, 2.75) is 11.6 Å². The first-order valence-electron chi connectivity index (χ1n) is 9.50. The van der Waals surface area contributed by atoms with Crippen LogP contribution in [0.25, 0.3) is 11.2 Å². The van der Waals surface area contributed by atoms with Gasteiger partial charge in [0.25, 0.3) is 0 Å². The highest BCUT2D eigenvalue weighted by molar-refractivity contribution is 8.00. The van der Waals surface area contributed by atoms with E-state index in [1.165, 1.54) is 37.3 Å². The zero-order valence-electron chi connectivity index (χ0n) is 17.3. The molecule has 0 bridgehead atoms. The molecule has 9 nitrogen and oxygen atoms in total. The van der Waals surface area contributed by atoms with Gasteiger partial charge in [-0.3, -0.25) is 4.79 Å². The molecule has 0 aliphatic rings. The molecule has 0 spiro atoms. The number of halogens is 1. The number of carbonyl (C=O) groups excluding carboxylic acids is 1. The monoisotopic (exact) mass is 454 g/mol. The molecule has 0 saturated carbocycles.